The Labute approximate surface area is 298 Å². The number of hydrogen-bond donors (Lipinski definition) is 1. The SMILES string of the molecule is COC(=O)c1cc(-c2cnn(CC(F)(F)F)c2OCCC[C@@H](C)CNc2cc(N3CCN(C(=O)OC(C)(C)C)CC3)ccc2[N+](=O)[O-])c(=O)n(C)c1. The number of aromatic nitrogens is 3. The van der Waals surface area contributed by atoms with Crippen molar-refractivity contribution >= 4 is 29.1 Å². The van der Waals surface area contributed by atoms with E-state index in [0.717, 1.165) is 23.6 Å². The first-order valence-corrected chi connectivity index (χ1v) is 16.7. The average Bonchev–Trinajstić information content (AvgIpc) is 3.45. The Bertz CT molecular complexity index is 1810. The van der Waals surface area contributed by atoms with Gasteiger partial charge in [0.05, 0.1) is 41.5 Å². The summed E-state index contributed by atoms with van der Waals surface area (Å²) < 4.78 is 57.9. The van der Waals surface area contributed by atoms with Gasteiger partial charge in [0.25, 0.3) is 11.2 Å². The number of rotatable bonds is 13. The number of pyridine rings is 1. The molecule has 0 aliphatic carbocycles. The van der Waals surface area contributed by atoms with Gasteiger partial charge in [-0.1, -0.05) is 6.92 Å². The summed E-state index contributed by atoms with van der Waals surface area (Å²) in [5.41, 5.74) is -0.271. The van der Waals surface area contributed by atoms with Crippen LogP contribution in [0.1, 0.15) is 50.9 Å². The number of aryl methyl sites for hydroxylation is 1. The fourth-order valence-electron chi connectivity index (χ4n) is 5.61. The lowest BCUT2D eigenvalue weighted by Crippen LogP contribution is -2.50. The van der Waals surface area contributed by atoms with Gasteiger partial charge in [0.15, 0.2) is 0 Å². The van der Waals surface area contributed by atoms with Gasteiger partial charge in [0, 0.05) is 57.7 Å². The van der Waals surface area contributed by atoms with Crippen molar-refractivity contribution in [2.75, 3.05) is 56.7 Å². The van der Waals surface area contributed by atoms with Crippen LogP contribution in [0.2, 0.25) is 0 Å². The molecule has 4 rings (SSSR count). The van der Waals surface area contributed by atoms with Crippen LogP contribution >= 0.6 is 0 Å². The first-order chi connectivity index (χ1) is 24.4. The molecule has 15 nitrogen and oxygen atoms in total. The number of anilines is 2. The van der Waals surface area contributed by atoms with Crippen LogP contribution in [-0.2, 0) is 23.1 Å². The minimum absolute atomic E-state index is 0.0104. The van der Waals surface area contributed by atoms with Crippen molar-refractivity contribution in [3.8, 4) is 17.0 Å². The molecule has 1 atom stereocenters. The molecule has 0 bridgehead atoms. The van der Waals surface area contributed by atoms with Crippen LogP contribution in [0.15, 0.2) is 41.5 Å². The molecule has 0 saturated carbocycles. The number of carbonyl (C=O) groups is 2. The average molecular weight is 736 g/mol. The number of ether oxygens (including phenoxy) is 3. The van der Waals surface area contributed by atoms with Crippen LogP contribution in [0.5, 0.6) is 5.88 Å². The van der Waals surface area contributed by atoms with Gasteiger partial charge in [-0.25, -0.2) is 14.3 Å². The second-order valence-corrected chi connectivity index (χ2v) is 13.6. The molecule has 1 aromatic carbocycles. The Morgan fingerprint density at radius 2 is 1.79 bits per heavy atom. The molecule has 1 fully saturated rings. The van der Waals surface area contributed by atoms with Crippen molar-refractivity contribution in [2.24, 2.45) is 13.0 Å². The Balaban J connectivity index is 1.39. The Morgan fingerprint density at radius 1 is 1.10 bits per heavy atom. The molecular formula is C34H44F3N7O8. The van der Waals surface area contributed by atoms with Crippen molar-refractivity contribution in [1.82, 2.24) is 19.2 Å². The van der Waals surface area contributed by atoms with Gasteiger partial charge in [0.2, 0.25) is 5.88 Å². The fourth-order valence-corrected chi connectivity index (χ4v) is 5.61. The number of halogens is 3. The molecule has 1 aliphatic rings. The zero-order valence-corrected chi connectivity index (χ0v) is 30.0. The molecule has 1 aliphatic heterocycles. The first-order valence-electron chi connectivity index (χ1n) is 16.7. The number of nitro benzene ring substituents is 1. The third kappa shape index (κ3) is 10.4. The number of piperazine rings is 1. The smallest absolute Gasteiger partial charge is 0.410 e. The lowest BCUT2D eigenvalue weighted by molar-refractivity contribution is -0.384. The van der Waals surface area contributed by atoms with Gasteiger partial charge in [-0.2, -0.15) is 18.3 Å². The number of methoxy groups -OCH3 is 1. The van der Waals surface area contributed by atoms with Gasteiger partial charge in [0.1, 0.15) is 17.8 Å². The Hall–Kier alpha value is -5.29. The quantitative estimate of drug-likeness (QED) is 0.103. The monoisotopic (exact) mass is 735 g/mol. The number of nitro groups is 1. The number of nitrogens with one attached hydrogen (secondary N) is 1. The van der Waals surface area contributed by atoms with Gasteiger partial charge < -0.3 is 33.9 Å². The van der Waals surface area contributed by atoms with E-state index >= 15 is 0 Å². The van der Waals surface area contributed by atoms with E-state index in [9.17, 15) is 37.7 Å². The molecule has 1 N–H and O–H groups in total. The van der Waals surface area contributed by atoms with Gasteiger partial charge >= 0.3 is 18.2 Å². The molecule has 1 amide bonds. The molecule has 3 heterocycles. The number of carbonyl (C=O) groups excluding carboxylic acids is 2. The predicted octanol–water partition coefficient (Wildman–Crippen LogP) is 5.47. The van der Waals surface area contributed by atoms with Crippen molar-refractivity contribution < 1.29 is 41.9 Å². The van der Waals surface area contributed by atoms with Crippen LogP contribution in [0.3, 0.4) is 0 Å². The van der Waals surface area contributed by atoms with Crippen molar-refractivity contribution in [1.29, 1.82) is 0 Å². The number of benzene rings is 1. The number of nitrogens with zero attached hydrogens (tertiary/aromatic N) is 6. The molecule has 284 valence electrons. The van der Waals surface area contributed by atoms with E-state index in [2.05, 4.69) is 10.4 Å². The van der Waals surface area contributed by atoms with Crippen molar-refractivity contribution in [2.45, 2.75) is 58.9 Å². The van der Waals surface area contributed by atoms with Crippen LogP contribution in [-0.4, -0.2) is 94.5 Å². The summed E-state index contributed by atoms with van der Waals surface area (Å²) >= 11 is 0. The third-order valence-electron chi connectivity index (χ3n) is 8.21. The normalized spacial score (nSPS) is 14.2. The molecule has 18 heteroatoms. The summed E-state index contributed by atoms with van der Waals surface area (Å²) in [5.74, 6) is -1.05. The van der Waals surface area contributed by atoms with E-state index in [4.69, 9.17) is 14.2 Å². The standard InChI is InChI=1S/C34H44F3N7O8/c1-22(18-38-27-17-24(9-10-28(27)44(48)49)41-11-13-42(14-12-41)32(47)52-33(2,3)4)8-7-15-51-30-26(19-39-43(30)21-34(35,36)37)25-16-23(31(46)50-6)20-40(5)29(25)45/h9-10,16-17,19-20,22,38H,7-8,11-15,18,21H2,1-6H3/t22-/m1/s1. The topological polar surface area (TPSA) is 163 Å². The van der Waals surface area contributed by atoms with E-state index in [1.807, 2.05) is 11.8 Å². The molecule has 0 spiro atoms. The highest BCUT2D eigenvalue weighted by Gasteiger charge is 2.32. The second-order valence-electron chi connectivity index (χ2n) is 13.6. The maximum absolute atomic E-state index is 13.4. The van der Waals surface area contributed by atoms with Crippen LogP contribution in [0.4, 0.5) is 35.0 Å². The van der Waals surface area contributed by atoms with E-state index < -0.39 is 34.8 Å². The second kappa shape index (κ2) is 16.4. The number of amides is 1. The molecule has 1 saturated heterocycles. The lowest BCUT2D eigenvalue weighted by Gasteiger charge is -2.36. The minimum Gasteiger partial charge on any atom is -0.477 e. The third-order valence-corrected chi connectivity index (χ3v) is 8.21. The van der Waals surface area contributed by atoms with Gasteiger partial charge in [-0.05, 0) is 57.7 Å². The maximum atomic E-state index is 13.4. The van der Waals surface area contributed by atoms with Crippen LogP contribution < -0.4 is 20.5 Å². The summed E-state index contributed by atoms with van der Waals surface area (Å²) in [5, 5.41) is 18.8. The van der Waals surface area contributed by atoms with E-state index in [1.54, 1.807) is 37.8 Å². The Morgan fingerprint density at radius 3 is 2.40 bits per heavy atom. The first kappa shape index (κ1) is 39.5. The van der Waals surface area contributed by atoms with E-state index in [-0.39, 0.29) is 46.9 Å². The number of hydrogen-bond acceptors (Lipinski definition) is 11. The minimum atomic E-state index is -4.63. The lowest BCUT2D eigenvalue weighted by atomic mass is 10.1. The number of alkyl halides is 3. The maximum Gasteiger partial charge on any atom is 0.410 e. The van der Waals surface area contributed by atoms with Crippen molar-refractivity contribution in [3.63, 3.8) is 0 Å². The molecule has 3 aromatic rings. The summed E-state index contributed by atoms with van der Waals surface area (Å²) in [6.07, 6.45) is -1.74. The number of esters is 1. The zero-order valence-electron chi connectivity index (χ0n) is 30.0. The zero-order chi connectivity index (χ0) is 38.4. The van der Waals surface area contributed by atoms with Crippen LogP contribution in [0, 0.1) is 16.0 Å². The molecular weight excluding hydrogens is 691 g/mol. The predicted molar refractivity (Wildman–Crippen MR) is 186 cm³/mol. The van der Waals surface area contributed by atoms with Gasteiger partial charge in [-0.15, -0.1) is 0 Å². The van der Waals surface area contributed by atoms with E-state index in [1.165, 1.54) is 25.4 Å². The Kier molecular flexibility index (Phi) is 12.4. The molecule has 0 radical (unpaired) electrons. The summed E-state index contributed by atoms with van der Waals surface area (Å²) in [6, 6.07) is 6.04. The van der Waals surface area contributed by atoms with Gasteiger partial charge in [-0.3, -0.25) is 14.9 Å². The van der Waals surface area contributed by atoms with Crippen LogP contribution in [0.25, 0.3) is 11.1 Å². The summed E-state index contributed by atoms with van der Waals surface area (Å²) in [7, 11) is 2.56. The largest absolute Gasteiger partial charge is 0.477 e. The highest BCUT2D eigenvalue weighted by atomic mass is 19.4. The summed E-state index contributed by atoms with van der Waals surface area (Å²) in [6.45, 7) is 8.09. The van der Waals surface area contributed by atoms with Crippen molar-refractivity contribution in [3.05, 3.63) is 62.7 Å². The highest BCUT2D eigenvalue weighted by Crippen LogP contribution is 2.33. The highest BCUT2D eigenvalue weighted by molar-refractivity contribution is 5.90. The molecule has 0 unspecified atom stereocenters. The molecule has 52 heavy (non-hydrogen) atoms. The fraction of sp³-hybridized carbons (Fsp3) is 0.529. The summed E-state index contributed by atoms with van der Waals surface area (Å²) in [4.78, 5) is 52.6. The molecule has 2 aromatic heterocycles. The van der Waals surface area contributed by atoms with E-state index in [0.29, 0.717) is 55.9 Å².